The largest absolute Gasteiger partial charge is 0.459 e. The summed E-state index contributed by atoms with van der Waals surface area (Å²) in [4.78, 5) is 15.0. The third-order valence-corrected chi connectivity index (χ3v) is 2.15. The summed E-state index contributed by atoms with van der Waals surface area (Å²) in [5.74, 6) is 5.46. The van der Waals surface area contributed by atoms with Crippen LogP contribution in [0.4, 0.5) is 5.82 Å². The molecule has 1 N–H and O–H groups in total. The van der Waals surface area contributed by atoms with Gasteiger partial charge in [-0.3, -0.25) is 0 Å². The number of aromatic nitrogens is 1. The Morgan fingerprint density at radius 2 is 2.53 bits per heavy atom. The molecule has 76 valence electrons. The zero-order valence-electron chi connectivity index (χ0n) is 8.33. The molecule has 0 fully saturated rings. The average molecular weight is 202 g/mol. The second kappa shape index (κ2) is 4.01. The minimum atomic E-state index is -0.534. The van der Waals surface area contributed by atoms with Crippen LogP contribution in [0.5, 0.6) is 0 Å². The zero-order valence-corrected chi connectivity index (χ0v) is 8.33. The molecule has 4 heteroatoms. The van der Waals surface area contributed by atoms with Crippen LogP contribution < -0.4 is 5.32 Å². The Kier molecular flexibility index (Phi) is 2.55. The molecule has 0 saturated carbocycles. The summed E-state index contributed by atoms with van der Waals surface area (Å²) >= 11 is 0. The van der Waals surface area contributed by atoms with Crippen molar-refractivity contribution < 1.29 is 9.53 Å². The zero-order chi connectivity index (χ0) is 10.7. The Bertz CT molecular complexity index is 457. The van der Waals surface area contributed by atoms with E-state index in [0.29, 0.717) is 0 Å². The molecule has 1 aromatic heterocycles. The fourth-order valence-electron chi connectivity index (χ4n) is 1.42. The van der Waals surface area contributed by atoms with Gasteiger partial charge in [-0.15, -0.1) is 0 Å². The van der Waals surface area contributed by atoms with Gasteiger partial charge in [0.1, 0.15) is 5.82 Å². The van der Waals surface area contributed by atoms with E-state index < -0.39 is 5.97 Å². The Morgan fingerprint density at radius 3 is 3.33 bits per heavy atom. The lowest BCUT2D eigenvalue weighted by Gasteiger charge is -1.97. The number of pyridine rings is 1. The average Bonchev–Trinajstić information content (AvgIpc) is 2.72. The number of ether oxygens (including phenoxy) is 1. The number of nitrogens with one attached hydrogen (secondary N) is 1. The van der Waals surface area contributed by atoms with Crippen molar-refractivity contribution in [2.75, 3.05) is 19.0 Å². The van der Waals surface area contributed by atoms with Crippen LogP contribution in [0.3, 0.4) is 0 Å². The van der Waals surface area contributed by atoms with Gasteiger partial charge in [-0.25, -0.2) is 9.78 Å². The summed E-state index contributed by atoms with van der Waals surface area (Å²) in [6.07, 6.45) is 2.60. The Morgan fingerprint density at radius 1 is 1.67 bits per heavy atom. The number of carbonyl (C=O) groups excluding carboxylic acids is 1. The van der Waals surface area contributed by atoms with Crippen molar-refractivity contribution in [2.24, 2.45) is 0 Å². The highest BCUT2D eigenvalue weighted by Crippen LogP contribution is 2.19. The molecule has 0 aromatic carbocycles. The predicted molar refractivity (Wildman–Crippen MR) is 55.3 cm³/mol. The summed E-state index contributed by atoms with van der Waals surface area (Å²) < 4.78 is 4.42. The second-order valence-corrected chi connectivity index (χ2v) is 3.15. The molecule has 0 spiro atoms. The fraction of sp³-hybridized carbons (Fsp3) is 0.273. The molecule has 4 nitrogen and oxygen atoms in total. The van der Waals surface area contributed by atoms with Gasteiger partial charge >= 0.3 is 5.97 Å². The van der Waals surface area contributed by atoms with Crippen molar-refractivity contribution in [3.05, 3.63) is 23.4 Å². The van der Waals surface area contributed by atoms with Crippen LogP contribution in [0.25, 0.3) is 0 Å². The highest BCUT2D eigenvalue weighted by atomic mass is 16.5. The van der Waals surface area contributed by atoms with Crippen LogP contribution in [0.15, 0.2) is 12.3 Å². The van der Waals surface area contributed by atoms with Crippen LogP contribution in [-0.2, 0) is 16.0 Å². The first-order valence-corrected chi connectivity index (χ1v) is 4.62. The van der Waals surface area contributed by atoms with Crippen molar-refractivity contribution >= 4 is 11.8 Å². The molecule has 0 aliphatic carbocycles. The van der Waals surface area contributed by atoms with E-state index in [9.17, 15) is 4.79 Å². The molecule has 15 heavy (non-hydrogen) atoms. The minimum absolute atomic E-state index is 0.534. The smallest absolute Gasteiger partial charge is 0.384 e. The predicted octanol–water partition coefficient (Wildman–Crippen LogP) is 0.574. The van der Waals surface area contributed by atoms with Crippen LogP contribution in [0, 0.1) is 11.8 Å². The molecule has 0 bridgehead atoms. The Hall–Kier alpha value is -2.02. The number of carbonyl (C=O) groups is 1. The van der Waals surface area contributed by atoms with Gasteiger partial charge in [0.2, 0.25) is 0 Å². The Labute approximate surface area is 87.7 Å². The van der Waals surface area contributed by atoms with Crippen molar-refractivity contribution in [3.63, 3.8) is 0 Å². The van der Waals surface area contributed by atoms with E-state index in [4.69, 9.17) is 0 Å². The molecule has 0 unspecified atom stereocenters. The first-order valence-electron chi connectivity index (χ1n) is 4.62. The molecule has 1 aromatic rings. The molecular weight excluding hydrogens is 192 g/mol. The third kappa shape index (κ3) is 2.08. The number of rotatable bonds is 0. The summed E-state index contributed by atoms with van der Waals surface area (Å²) in [5, 5.41) is 3.15. The maximum absolute atomic E-state index is 10.8. The van der Waals surface area contributed by atoms with Crippen molar-refractivity contribution in [1.29, 1.82) is 0 Å². The lowest BCUT2D eigenvalue weighted by Crippen LogP contribution is -1.95. The van der Waals surface area contributed by atoms with Gasteiger partial charge in [0.05, 0.1) is 7.11 Å². The minimum Gasteiger partial charge on any atom is -0.459 e. The summed E-state index contributed by atoms with van der Waals surface area (Å²) in [7, 11) is 1.31. The Balaban J connectivity index is 2.22. The van der Waals surface area contributed by atoms with E-state index in [1.165, 1.54) is 7.11 Å². The van der Waals surface area contributed by atoms with E-state index in [1.54, 1.807) is 6.20 Å². The highest BCUT2D eigenvalue weighted by Gasteiger charge is 2.10. The van der Waals surface area contributed by atoms with E-state index in [1.807, 2.05) is 6.07 Å². The van der Waals surface area contributed by atoms with Crippen LogP contribution in [-0.4, -0.2) is 24.6 Å². The number of nitrogens with zero attached hydrogens (tertiary/aromatic N) is 1. The highest BCUT2D eigenvalue weighted by molar-refractivity contribution is 5.89. The maximum Gasteiger partial charge on any atom is 0.384 e. The monoisotopic (exact) mass is 202 g/mol. The van der Waals surface area contributed by atoms with Gasteiger partial charge in [0.15, 0.2) is 0 Å². The number of esters is 1. The van der Waals surface area contributed by atoms with Crippen LogP contribution in [0.2, 0.25) is 0 Å². The molecule has 1 aliphatic heterocycles. The SMILES string of the molecule is COC(=O)C#Cc1cnc2c(c1)CCN2. The van der Waals surface area contributed by atoms with Crippen molar-refractivity contribution in [2.45, 2.75) is 6.42 Å². The molecule has 0 saturated heterocycles. The summed E-state index contributed by atoms with van der Waals surface area (Å²) in [6.45, 7) is 0.913. The first-order chi connectivity index (χ1) is 7.29. The quantitative estimate of drug-likeness (QED) is 0.493. The number of anilines is 1. The molecule has 0 atom stereocenters. The molecule has 2 heterocycles. The van der Waals surface area contributed by atoms with Gasteiger partial charge in [-0.05, 0) is 18.1 Å². The van der Waals surface area contributed by atoms with Crippen LogP contribution >= 0.6 is 0 Å². The lowest BCUT2D eigenvalue weighted by atomic mass is 10.2. The lowest BCUT2D eigenvalue weighted by molar-refractivity contribution is -0.133. The van der Waals surface area contributed by atoms with Crippen molar-refractivity contribution in [3.8, 4) is 11.8 Å². The topological polar surface area (TPSA) is 51.2 Å². The molecular formula is C11H10N2O2. The fourth-order valence-corrected chi connectivity index (χ4v) is 1.42. The van der Waals surface area contributed by atoms with Gasteiger partial charge < -0.3 is 10.1 Å². The summed E-state index contributed by atoms with van der Waals surface area (Å²) in [6, 6.07) is 1.94. The molecule has 1 aliphatic rings. The second-order valence-electron chi connectivity index (χ2n) is 3.15. The first kappa shape index (κ1) is 9.53. The van der Waals surface area contributed by atoms with Gasteiger partial charge in [0.25, 0.3) is 0 Å². The van der Waals surface area contributed by atoms with Crippen molar-refractivity contribution in [1.82, 2.24) is 4.98 Å². The van der Waals surface area contributed by atoms with E-state index in [2.05, 4.69) is 26.9 Å². The molecule has 2 rings (SSSR count). The normalized spacial score (nSPS) is 12.1. The number of methoxy groups -OCH3 is 1. The summed E-state index contributed by atoms with van der Waals surface area (Å²) in [5.41, 5.74) is 1.88. The number of fused-ring (bicyclic) bond motifs is 1. The van der Waals surface area contributed by atoms with Gasteiger partial charge in [0, 0.05) is 24.2 Å². The maximum atomic E-state index is 10.8. The number of hydrogen-bond donors (Lipinski definition) is 1. The van der Waals surface area contributed by atoms with Gasteiger partial charge in [-0.2, -0.15) is 0 Å². The van der Waals surface area contributed by atoms with Crippen LogP contribution in [0.1, 0.15) is 11.1 Å². The molecule has 0 radical (unpaired) electrons. The standard InChI is InChI=1S/C11H10N2O2/c1-15-10(14)3-2-8-6-9-4-5-12-11(9)13-7-8/h6-7H,4-5H2,1H3,(H,12,13). The van der Waals surface area contributed by atoms with E-state index in [-0.39, 0.29) is 0 Å². The van der Waals surface area contributed by atoms with E-state index in [0.717, 1.165) is 29.9 Å². The molecule has 0 amide bonds. The van der Waals surface area contributed by atoms with Gasteiger partial charge in [-0.1, -0.05) is 5.92 Å². The number of hydrogen-bond acceptors (Lipinski definition) is 4. The third-order valence-electron chi connectivity index (χ3n) is 2.15. The van der Waals surface area contributed by atoms with E-state index >= 15 is 0 Å².